The van der Waals surface area contributed by atoms with Crippen molar-refractivity contribution in [2.45, 2.75) is 6.04 Å². The van der Waals surface area contributed by atoms with Gasteiger partial charge in [0.15, 0.2) is 0 Å². The lowest BCUT2D eigenvalue weighted by atomic mass is 9.84. The third-order valence-electron chi connectivity index (χ3n) is 4.92. The summed E-state index contributed by atoms with van der Waals surface area (Å²) in [6.07, 6.45) is 0. The van der Waals surface area contributed by atoms with Crippen molar-refractivity contribution in [1.82, 2.24) is 0 Å². The summed E-state index contributed by atoms with van der Waals surface area (Å²) < 4.78 is 0. The van der Waals surface area contributed by atoms with Gasteiger partial charge >= 0.3 is 5.97 Å². The van der Waals surface area contributed by atoms with Gasteiger partial charge in [0.05, 0.1) is 11.6 Å². The molecule has 1 aliphatic heterocycles. The number of aromatic carboxylic acids is 1. The fraction of sp³-hybridized carbons (Fsp3) is 0.0952. The lowest BCUT2D eigenvalue weighted by Crippen LogP contribution is -2.29. The Hall–Kier alpha value is -3.18. The predicted octanol–water partition coefficient (Wildman–Crippen LogP) is 4.18. The molecule has 6 heteroatoms. The fourth-order valence-electron chi connectivity index (χ4n) is 3.68. The number of carboxylic acids is 1. The van der Waals surface area contributed by atoms with Crippen LogP contribution in [0.25, 0.3) is 11.1 Å². The smallest absolute Gasteiger partial charge is 0.335 e. The Kier molecular flexibility index (Phi) is 4.72. The van der Waals surface area contributed by atoms with Gasteiger partial charge in [-0.25, -0.2) is 4.79 Å². The number of hydrogen-bond acceptors (Lipinski definition) is 4. The molecule has 5 nitrogen and oxygen atoms in total. The van der Waals surface area contributed by atoms with Crippen LogP contribution in [0.5, 0.6) is 0 Å². The van der Waals surface area contributed by atoms with E-state index in [9.17, 15) is 4.79 Å². The highest BCUT2D eigenvalue weighted by Gasteiger charge is 2.30. The second-order valence-corrected chi connectivity index (χ2v) is 6.56. The number of carboxylic acid groups (broad SMARTS) is 1. The highest BCUT2D eigenvalue weighted by molar-refractivity contribution is 5.89. The Morgan fingerprint density at radius 3 is 2.15 bits per heavy atom. The normalized spacial score (nSPS) is 14.7. The van der Waals surface area contributed by atoms with Gasteiger partial charge in [0.25, 0.3) is 0 Å². The van der Waals surface area contributed by atoms with Crippen LogP contribution in [-0.4, -0.2) is 18.1 Å². The van der Waals surface area contributed by atoms with E-state index in [4.69, 9.17) is 16.6 Å². The third kappa shape index (κ3) is 3.06. The molecular formula is C21H20ClN3O2. The first-order valence-corrected chi connectivity index (χ1v) is 8.31. The second-order valence-electron chi connectivity index (χ2n) is 6.56. The van der Waals surface area contributed by atoms with Gasteiger partial charge in [-0.05, 0) is 53.1 Å². The quantitative estimate of drug-likeness (QED) is 0.579. The van der Waals surface area contributed by atoms with E-state index in [0.29, 0.717) is 11.4 Å². The van der Waals surface area contributed by atoms with Gasteiger partial charge < -0.3 is 21.5 Å². The summed E-state index contributed by atoms with van der Waals surface area (Å²) in [5.74, 6) is -0.934. The van der Waals surface area contributed by atoms with Crippen LogP contribution >= 0.6 is 12.4 Å². The van der Waals surface area contributed by atoms with Crippen LogP contribution in [-0.2, 0) is 0 Å². The summed E-state index contributed by atoms with van der Waals surface area (Å²) in [7, 11) is 2.01. The molecule has 0 spiro atoms. The summed E-state index contributed by atoms with van der Waals surface area (Å²) in [6, 6.07) is 18.7. The van der Waals surface area contributed by atoms with Crippen molar-refractivity contribution in [3.8, 4) is 11.1 Å². The van der Waals surface area contributed by atoms with Crippen LogP contribution in [0.15, 0.2) is 60.7 Å². The van der Waals surface area contributed by atoms with E-state index in [0.717, 1.165) is 27.9 Å². The zero-order valence-corrected chi connectivity index (χ0v) is 15.5. The van der Waals surface area contributed by atoms with Crippen LogP contribution in [0.4, 0.5) is 17.1 Å². The maximum absolute atomic E-state index is 11.2. The predicted molar refractivity (Wildman–Crippen MR) is 112 cm³/mol. The van der Waals surface area contributed by atoms with Gasteiger partial charge in [-0.2, -0.15) is 0 Å². The molecule has 0 amide bonds. The fourth-order valence-corrected chi connectivity index (χ4v) is 3.68. The monoisotopic (exact) mass is 381 g/mol. The molecule has 0 fully saturated rings. The molecule has 0 bridgehead atoms. The van der Waals surface area contributed by atoms with Gasteiger partial charge in [0.1, 0.15) is 0 Å². The second kappa shape index (κ2) is 6.85. The number of nitrogen functional groups attached to an aromatic ring is 2. The van der Waals surface area contributed by atoms with Gasteiger partial charge in [-0.1, -0.05) is 24.3 Å². The standard InChI is InChI=1S/C21H19N3O2.ClH/c1-24-19-11-15(23)7-9-17(19)16-8-6-14(22)10-18(16)20(24)12-2-4-13(5-3-12)21(25)26;/h2-11,20H,22-23H2,1H3,(H,25,26);1H. The number of nitrogens with two attached hydrogens (primary N) is 2. The summed E-state index contributed by atoms with van der Waals surface area (Å²) in [5, 5.41) is 9.15. The number of benzene rings is 3. The van der Waals surface area contributed by atoms with Crippen molar-refractivity contribution >= 4 is 35.4 Å². The van der Waals surface area contributed by atoms with E-state index < -0.39 is 5.97 Å². The van der Waals surface area contributed by atoms with Crippen LogP contribution in [0.3, 0.4) is 0 Å². The van der Waals surface area contributed by atoms with Crippen LogP contribution < -0.4 is 16.4 Å². The van der Waals surface area contributed by atoms with Crippen molar-refractivity contribution in [1.29, 1.82) is 0 Å². The number of anilines is 3. The highest BCUT2D eigenvalue weighted by atomic mass is 35.5. The molecule has 1 atom stereocenters. The average Bonchev–Trinajstić information content (AvgIpc) is 2.62. The first kappa shape index (κ1) is 18.6. The van der Waals surface area contributed by atoms with Crippen LogP contribution in [0.2, 0.25) is 0 Å². The molecule has 1 aliphatic rings. The Balaban J connectivity index is 0.00000210. The zero-order chi connectivity index (χ0) is 18.4. The third-order valence-corrected chi connectivity index (χ3v) is 4.92. The number of fused-ring (bicyclic) bond motifs is 3. The van der Waals surface area contributed by atoms with E-state index in [1.807, 2.05) is 55.6 Å². The molecule has 0 radical (unpaired) electrons. The van der Waals surface area contributed by atoms with Gasteiger partial charge in [-0.3, -0.25) is 0 Å². The molecule has 0 saturated heterocycles. The van der Waals surface area contributed by atoms with E-state index >= 15 is 0 Å². The minimum atomic E-state index is -0.934. The molecule has 27 heavy (non-hydrogen) atoms. The number of hydrogen-bond donors (Lipinski definition) is 3. The van der Waals surface area contributed by atoms with Crippen molar-refractivity contribution in [2.24, 2.45) is 0 Å². The average molecular weight is 382 g/mol. The molecular weight excluding hydrogens is 362 g/mol. The molecule has 0 aliphatic carbocycles. The minimum absolute atomic E-state index is 0. The summed E-state index contributed by atoms with van der Waals surface area (Å²) in [5.41, 5.74) is 19.1. The van der Waals surface area contributed by atoms with E-state index in [2.05, 4.69) is 4.90 Å². The van der Waals surface area contributed by atoms with Gasteiger partial charge in [0.2, 0.25) is 0 Å². The highest BCUT2D eigenvalue weighted by Crippen LogP contribution is 2.47. The lowest BCUT2D eigenvalue weighted by Gasteiger charge is -2.38. The van der Waals surface area contributed by atoms with E-state index in [1.54, 1.807) is 12.1 Å². The van der Waals surface area contributed by atoms with Gasteiger partial charge in [-0.15, -0.1) is 12.4 Å². The first-order valence-electron chi connectivity index (χ1n) is 8.31. The molecule has 1 unspecified atom stereocenters. The van der Waals surface area contributed by atoms with E-state index in [-0.39, 0.29) is 24.0 Å². The summed E-state index contributed by atoms with van der Waals surface area (Å²) in [6.45, 7) is 0. The Labute approximate surface area is 163 Å². The van der Waals surface area contributed by atoms with Crippen molar-refractivity contribution < 1.29 is 9.90 Å². The first-order chi connectivity index (χ1) is 12.5. The van der Waals surface area contributed by atoms with Crippen molar-refractivity contribution in [3.05, 3.63) is 77.4 Å². The number of carbonyl (C=O) groups is 1. The molecule has 3 aromatic carbocycles. The van der Waals surface area contributed by atoms with Crippen molar-refractivity contribution in [3.63, 3.8) is 0 Å². The zero-order valence-electron chi connectivity index (χ0n) is 14.7. The molecule has 138 valence electrons. The molecule has 0 aromatic heterocycles. The summed E-state index contributed by atoms with van der Waals surface area (Å²) >= 11 is 0. The Morgan fingerprint density at radius 1 is 0.926 bits per heavy atom. The number of halogens is 1. The topological polar surface area (TPSA) is 92.6 Å². The van der Waals surface area contributed by atoms with E-state index in [1.165, 1.54) is 0 Å². The molecule has 0 saturated carbocycles. The molecule has 3 aromatic rings. The number of rotatable bonds is 2. The Bertz CT molecular complexity index is 1020. The minimum Gasteiger partial charge on any atom is -0.478 e. The molecule has 5 N–H and O–H groups in total. The maximum atomic E-state index is 11.2. The summed E-state index contributed by atoms with van der Waals surface area (Å²) in [4.78, 5) is 13.3. The van der Waals surface area contributed by atoms with Crippen molar-refractivity contribution in [2.75, 3.05) is 23.4 Å². The Morgan fingerprint density at radius 2 is 1.52 bits per heavy atom. The number of nitrogens with zero attached hydrogens (tertiary/aromatic N) is 1. The SMILES string of the molecule is CN1c2cc(N)ccc2-c2ccc(N)cc2C1c1ccc(C(=O)O)cc1.Cl. The maximum Gasteiger partial charge on any atom is 0.335 e. The lowest BCUT2D eigenvalue weighted by molar-refractivity contribution is 0.0697. The van der Waals surface area contributed by atoms with Gasteiger partial charge in [0, 0.05) is 29.7 Å². The molecule has 1 heterocycles. The molecule has 4 rings (SSSR count). The van der Waals surface area contributed by atoms with Crippen LogP contribution in [0, 0.1) is 0 Å². The largest absolute Gasteiger partial charge is 0.478 e. The van der Waals surface area contributed by atoms with Crippen LogP contribution in [0.1, 0.15) is 27.5 Å².